The van der Waals surface area contributed by atoms with Gasteiger partial charge in [0.15, 0.2) is 0 Å². The Morgan fingerprint density at radius 2 is 2.00 bits per heavy atom. The second kappa shape index (κ2) is 4.59. The van der Waals surface area contributed by atoms with E-state index in [-0.39, 0.29) is 5.92 Å². The van der Waals surface area contributed by atoms with Gasteiger partial charge in [-0.2, -0.15) is 0 Å². The third-order valence-corrected chi connectivity index (χ3v) is 4.39. The smallest absolute Gasteiger partial charge is 0.134 e. The van der Waals surface area contributed by atoms with Crippen LogP contribution in [0.3, 0.4) is 0 Å². The van der Waals surface area contributed by atoms with Gasteiger partial charge in [0.1, 0.15) is 11.3 Å². The third kappa shape index (κ3) is 1.90. The highest BCUT2D eigenvalue weighted by Crippen LogP contribution is 2.40. The fourth-order valence-corrected chi connectivity index (χ4v) is 3.04. The van der Waals surface area contributed by atoms with Crippen LogP contribution in [0.4, 0.5) is 0 Å². The van der Waals surface area contributed by atoms with E-state index in [1.807, 2.05) is 18.3 Å². The van der Waals surface area contributed by atoms with Gasteiger partial charge in [-0.3, -0.25) is 4.98 Å². The van der Waals surface area contributed by atoms with Gasteiger partial charge in [-0.1, -0.05) is 30.4 Å². The van der Waals surface area contributed by atoms with Gasteiger partial charge >= 0.3 is 0 Å². The molecular formula is C19H17NO. The molecule has 4 rings (SSSR count). The second-order valence-electron chi connectivity index (χ2n) is 5.76. The van der Waals surface area contributed by atoms with Crippen LogP contribution in [0.2, 0.25) is 0 Å². The van der Waals surface area contributed by atoms with E-state index in [9.17, 15) is 0 Å². The number of hydrogen-bond donors (Lipinski definition) is 0. The molecule has 0 spiro atoms. The van der Waals surface area contributed by atoms with E-state index in [1.54, 1.807) is 0 Å². The van der Waals surface area contributed by atoms with Crippen molar-refractivity contribution < 1.29 is 4.42 Å². The van der Waals surface area contributed by atoms with Gasteiger partial charge in [0.25, 0.3) is 0 Å². The monoisotopic (exact) mass is 275 g/mol. The summed E-state index contributed by atoms with van der Waals surface area (Å²) in [5, 5.41) is 1.19. The molecule has 0 bridgehead atoms. The first-order chi connectivity index (χ1) is 10.2. The Morgan fingerprint density at radius 1 is 1.14 bits per heavy atom. The number of benzene rings is 1. The first-order valence-electron chi connectivity index (χ1n) is 7.35. The van der Waals surface area contributed by atoms with Crippen LogP contribution in [0.25, 0.3) is 17.0 Å². The van der Waals surface area contributed by atoms with Crippen LogP contribution in [0.5, 0.6) is 0 Å². The van der Waals surface area contributed by atoms with E-state index in [0.29, 0.717) is 0 Å². The molecule has 0 radical (unpaired) electrons. The summed E-state index contributed by atoms with van der Waals surface area (Å²) in [5.74, 6) is 1.27. The van der Waals surface area contributed by atoms with Gasteiger partial charge in [0, 0.05) is 17.1 Å². The van der Waals surface area contributed by atoms with Crippen molar-refractivity contribution in [3.05, 3.63) is 70.7 Å². The minimum absolute atomic E-state index is 0.219. The van der Waals surface area contributed by atoms with Crippen molar-refractivity contribution in [3.63, 3.8) is 0 Å². The minimum atomic E-state index is 0.219. The number of furan rings is 1. The quantitative estimate of drug-likeness (QED) is 0.625. The minimum Gasteiger partial charge on any atom is -0.460 e. The van der Waals surface area contributed by atoms with Crippen LogP contribution in [-0.2, 0) is 0 Å². The Kier molecular flexibility index (Phi) is 2.71. The van der Waals surface area contributed by atoms with Crippen LogP contribution in [0.15, 0.2) is 47.0 Å². The fourth-order valence-electron chi connectivity index (χ4n) is 3.04. The molecule has 0 aliphatic heterocycles. The average Bonchev–Trinajstić information content (AvgIpc) is 2.89. The number of allylic oxidation sites excluding steroid dienone is 1. The van der Waals surface area contributed by atoms with Gasteiger partial charge in [0.05, 0.1) is 11.6 Å². The summed E-state index contributed by atoms with van der Waals surface area (Å²) in [6.07, 6.45) is 7.32. The number of aryl methyl sites for hydroxylation is 2. The Hall–Kier alpha value is -2.35. The molecule has 0 saturated heterocycles. The zero-order valence-corrected chi connectivity index (χ0v) is 12.3. The number of rotatable bonds is 1. The Balaban J connectivity index is 1.90. The zero-order chi connectivity index (χ0) is 14.4. The number of nitrogens with zero attached hydrogens (tertiary/aromatic N) is 1. The number of para-hydroxylation sites is 1. The molecule has 1 aliphatic rings. The molecule has 2 aromatic heterocycles. The van der Waals surface area contributed by atoms with Crippen molar-refractivity contribution in [2.75, 3.05) is 0 Å². The Morgan fingerprint density at radius 3 is 2.86 bits per heavy atom. The lowest BCUT2D eigenvalue weighted by Gasteiger charge is -2.17. The first-order valence-corrected chi connectivity index (χ1v) is 7.35. The highest BCUT2D eigenvalue weighted by molar-refractivity contribution is 5.89. The lowest BCUT2D eigenvalue weighted by atomic mass is 9.89. The standard InChI is InChI=1S/C19H17NO/c1-12-10-17(20-11-13(12)2)16-8-5-7-15-14-6-3-4-9-18(14)21-19(15)16/h3-7,9-11,16H,8H2,1-2H3. The number of hydrogen-bond acceptors (Lipinski definition) is 2. The van der Waals surface area contributed by atoms with Crippen molar-refractivity contribution >= 4 is 17.0 Å². The van der Waals surface area contributed by atoms with Gasteiger partial charge in [-0.25, -0.2) is 0 Å². The van der Waals surface area contributed by atoms with E-state index in [0.717, 1.165) is 23.5 Å². The van der Waals surface area contributed by atoms with E-state index in [4.69, 9.17) is 4.42 Å². The SMILES string of the molecule is Cc1cnc(C2CC=Cc3c2oc2ccccc32)cc1C. The summed E-state index contributed by atoms with van der Waals surface area (Å²) in [7, 11) is 0. The molecular weight excluding hydrogens is 258 g/mol. The van der Waals surface area contributed by atoms with E-state index in [1.165, 1.54) is 22.1 Å². The fraction of sp³-hybridized carbons (Fsp3) is 0.211. The maximum Gasteiger partial charge on any atom is 0.134 e. The van der Waals surface area contributed by atoms with E-state index < -0.39 is 0 Å². The number of pyridine rings is 1. The predicted octanol–water partition coefficient (Wildman–Crippen LogP) is 4.99. The summed E-state index contributed by atoms with van der Waals surface area (Å²) in [6, 6.07) is 10.4. The summed E-state index contributed by atoms with van der Waals surface area (Å²) in [6.45, 7) is 4.23. The predicted molar refractivity (Wildman–Crippen MR) is 85.4 cm³/mol. The molecule has 0 amide bonds. The van der Waals surface area contributed by atoms with Gasteiger partial charge in [-0.15, -0.1) is 0 Å². The number of aromatic nitrogens is 1. The summed E-state index contributed by atoms with van der Waals surface area (Å²) in [5.41, 5.74) is 5.79. The molecule has 1 aromatic carbocycles. The summed E-state index contributed by atoms with van der Waals surface area (Å²) in [4.78, 5) is 4.64. The van der Waals surface area contributed by atoms with Crippen LogP contribution >= 0.6 is 0 Å². The largest absolute Gasteiger partial charge is 0.460 e. The highest BCUT2D eigenvalue weighted by Gasteiger charge is 2.26. The maximum absolute atomic E-state index is 6.14. The van der Waals surface area contributed by atoms with Gasteiger partial charge < -0.3 is 4.42 Å². The molecule has 2 nitrogen and oxygen atoms in total. The topological polar surface area (TPSA) is 26.0 Å². The molecule has 0 fully saturated rings. The second-order valence-corrected chi connectivity index (χ2v) is 5.76. The molecule has 1 atom stereocenters. The molecule has 21 heavy (non-hydrogen) atoms. The molecule has 2 heterocycles. The summed E-state index contributed by atoms with van der Waals surface area (Å²) < 4.78 is 6.14. The normalized spacial score (nSPS) is 17.1. The van der Waals surface area contributed by atoms with Crippen molar-refractivity contribution in [3.8, 4) is 0 Å². The van der Waals surface area contributed by atoms with Crippen molar-refractivity contribution in [1.29, 1.82) is 0 Å². The lowest BCUT2D eigenvalue weighted by Crippen LogP contribution is -2.06. The van der Waals surface area contributed by atoms with Gasteiger partial charge in [0.2, 0.25) is 0 Å². The van der Waals surface area contributed by atoms with Crippen molar-refractivity contribution in [2.45, 2.75) is 26.2 Å². The van der Waals surface area contributed by atoms with E-state index >= 15 is 0 Å². The first kappa shape index (κ1) is 12.4. The van der Waals surface area contributed by atoms with Crippen LogP contribution in [-0.4, -0.2) is 4.98 Å². The molecule has 1 unspecified atom stereocenters. The molecule has 0 N–H and O–H groups in total. The van der Waals surface area contributed by atoms with E-state index in [2.05, 4.69) is 49.2 Å². The molecule has 1 aliphatic carbocycles. The highest BCUT2D eigenvalue weighted by atomic mass is 16.3. The van der Waals surface area contributed by atoms with Crippen molar-refractivity contribution in [2.24, 2.45) is 0 Å². The molecule has 104 valence electrons. The van der Waals surface area contributed by atoms with Crippen LogP contribution in [0, 0.1) is 13.8 Å². The van der Waals surface area contributed by atoms with Crippen molar-refractivity contribution in [1.82, 2.24) is 4.98 Å². The third-order valence-electron chi connectivity index (χ3n) is 4.39. The molecule has 0 saturated carbocycles. The summed E-state index contributed by atoms with van der Waals surface area (Å²) >= 11 is 0. The average molecular weight is 275 g/mol. The van der Waals surface area contributed by atoms with Crippen LogP contribution < -0.4 is 0 Å². The van der Waals surface area contributed by atoms with Crippen LogP contribution in [0.1, 0.15) is 40.5 Å². The Bertz CT molecular complexity index is 857. The van der Waals surface area contributed by atoms with Gasteiger partial charge in [-0.05, 0) is 43.5 Å². The maximum atomic E-state index is 6.14. The Labute approximate surface area is 124 Å². The lowest BCUT2D eigenvalue weighted by molar-refractivity contribution is 0.512. The number of fused-ring (bicyclic) bond motifs is 3. The molecule has 2 heteroatoms. The molecule has 3 aromatic rings. The zero-order valence-electron chi connectivity index (χ0n) is 12.3.